The van der Waals surface area contributed by atoms with Gasteiger partial charge in [-0.15, -0.1) is 0 Å². The van der Waals surface area contributed by atoms with Crippen LogP contribution in [0, 0.1) is 0 Å². The molecule has 0 aliphatic rings. The fraction of sp³-hybridized carbons (Fsp3) is 0.133. The lowest BCUT2D eigenvalue weighted by Gasteiger charge is -2.08. The lowest BCUT2D eigenvalue weighted by molar-refractivity contribution is 0.101. The fourth-order valence-electron chi connectivity index (χ4n) is 1.66. The zero-order valence-corrected chi connectivity index (χ0v) is 10.5. The largest absolute Gasteiger partial charge is 0.508 e. The molecule has 2 N–H and O–H groups in total. The summed E-state index contributed by atoms with van der Waals surface area (Å²) in [5.41, 5.74) is 1.17. The highest BCUT2D eigenvalue weighted by molar-refractivity contribution is 5.96. The van der Waals surface area contributed by atoms with E-state index in [-0.39, 0.29) is 22.8 Å². The first-order valence-electron chi connectivity index (χ1n) is 5.81. The van der Waals surface area contributed by atoms with Gasteiger partial charge in [0, 0.05) is 6.07 Å². The van der Waals surface area contributed by atoms with Gasteiger partial charge in [-0.3, -0.25) is 4.79 Å². The number of aromatic hydroxyl groups is 2. The van der Waals surface area contributed by atoms with Crippen molar-refractivity contribution in [1.82, 2.24) is 0 Å². The van der Waals surface area contributed by atoms with Crippen molar-refractivity contribution in [2.75, 3.05) is 0 Å². The van der Waals surface area contributed by atoms with Crippen molar-refractivity contribution < 1.29 is 19.7 Å². The second kappa shape index (κ2) is 5.44. The predicted molar refractivity (Wildman–Crippen MR) is 70.6 cm³/mol. The third-order valence-corrected chi connectivity index (χ3v) is 2.69. The minimum Gasteiger partial charge on any atom is -0.508 e. The van der Waals surface area contributed by atoms with Gasteiger partial charge in [0.2, 0.25) is 0 Å². The van der Waals surface area contributed by atoms with Gasteiger partial charge in [-0.1, -0.05) is 12.1 Å². The summed E-state index contributed by atoms with van der Waals surface area (Å²) in [7, 11) is 0. The van der Waals surface area contributed by atoms with Crippen LogP contribution >= 0.6 is 0 Å². The molecule has 2 aromatic carbocycles. The smallest absolute Gasteiger partial charge is 0.163 e. The monoisotopic (exact) mass is 258 g/mol. The van der Waals surface area contributed by atoms with Gasteiger partial charge in [-0.2, -0.15) is 0 Å². The number of hydrogen-bond donors (Lipinski definition) is 2. The Labute approximate surface area is 110 Å². The maximum atomic E-state index is 11.2. The number of Topliss-reactive ketones (excluding diaryl/α,β-unsaturated/α-hetero) is 1. The average Bonchev–Trinajstić information content (AvgIpc) is 2.37. The molecule has 0 amide bonds. The molecule has 0 bridgehead atoms. The molecule has 0 atom stereocenters. The SMILES string of the molecule is CC(=O)c1ccc(OCc2ccc(O)cc2)cc1O. The maximum absolute atomic E-state index is 11.2. The highest BCUT2D eigenvalue weighted by Gasteiger charge is 2.07. The molecule has 0 radical (unpaired) electrons. The van der Waals surface area contributed by atoms with Gasteiger partial charge in [-0.25, -0.2) is 0 Å². The molecule has 0 fully saturated rings. The van der Waals surface area contributed by atoms with Crippen LogP contribution in [0.1, 0.15) is 22.8 Å². The van der Waals surface area contributed by atoms with E-state index in [1.807, 2.05) is 0 Å². The molecular formula is C15H14O4. The minimum atomic E-state index is -0.192. The van der Waals surface area contributed by atoms with Crippen LogP contribution in [0.2, 0.25) is 0 Å². The van der Waals surface area contributed by atoms with Gasteiger partial charge in [-0.05, 0) is 36.8 Å². The second-order valence-electron chi connectivity index (χ2n) is 4.19. The number of phenolic OH excluding ortho intramolecular Hbond substituents is 2. The molecular weight excluding hydrogens is 244 g/mol. The molecule has 0 spiro atoms. The average molecular weight is 258 g/mol. The zero-order chi connectivity index (χ0) is 13.8. The Morgan fingerprint density at radius 3 is 2.37 bits per heavy atom. The molecule has 4 nitrogen and oxygen atoms in total. The number of ether oxygens (including phenoxy) is 1. The van der Waals surface area contributed by atoms with Gasteiger partial charge in [0.15, 0.2) is 5.78 Å². The summed E-state index contributed by atoms with van der Waals surface area (Å²) in [5, 5.41) is 18.8. The number of rotatable bonds is 4. The third-order valence-electron chi connectivity index (χ3n) is 2.69. The lowest BCUT2D eigenvalue weighted by atomic mass is 10.1. The summed E-state index contributed by atoms with van der Waals surface area (Å²) in [5.74, 6) is 0.404. The van der Waals surface area contributed by atoms with E-state index in [4.69, 9.17) is 9.84 Å². The summed E-state index contributed by atoms with van der Waals surface area (Å²) >= 11 is 0. The highest BCUT2D eigenvalue weighted by Crippen LogP contribution is 2.24. The lowest BCUT2D eigenvalue weighted by Crippen LogP contribution is -1.97. The van der Waals surface area contributed by atoms with E-state index in [1.54, 1.807) is 30.3 Å². The number of hydrogen-bond acceptors (Lipinski definition) is 4. The Balaban J connectivity index is 2.06. The first-order chi connectivity index (χ1) is 9.06. The molecule has 2 rings (SSSR count). The summed E-state index contributed by atoms with van der Waals surface area (Å²) in [6, 6.07) is 11.2. The van der Waals surface area contributed by atoms with E-state index < -0.39 is 0 Å². The standard InChI is InChI=1S/C15H14O4/c1-10(16)14-7-6-13(8-15(14)18)19-9-11-2-4-12(17)5-3-11/h2-8,17-18H,9H2,1H3. The van der Waals surface area contributed by atoms with Crippen LogP contribution in [0.4, 0.5) is 0 Å². The minimum absolute atomic E-state index is 0.0873. The Morgan fingerprint density at radius 1 is 1.11 bits per heavy atom. The van der Waals surface area contributed by atoms with Crippen LogP contribution < -0.4 is 4.74 Å². The first kappa shape index (κ1) is 13.0. The van der Waals surface area contributed by atoms with E-state index in [0.717, 1.165) is 5.56 Å². The van der Waals surface area contributed by atoms with Crippen molar-refractivity contribution >= 4 is 5.78 Å². The third kappa shape index (κ3) is 3.25. The van der Waals surface area contributed by atoms with Crippen molar-refractivity contribution in [2.24, 2.45) is 0 Å². The number of carbonyl (C=O) groups excluding carboxylic acids is 1. The second-order valence-corrected chi connectivity index (χ2v) is 4.19. The predicted octanol–water partition coefficient (Wildman–Crippen LogP) is 2.88. The van der Waals surface area contributed by atoms with Crippen LogP contribution in [0.25, 0.3) is 0 Å². The number of benzene rings is 2. The molecule has 0 saturated carbocycles. The van der Waals surface area contributed by atoms with Crippen LogP contribution in [0.15, 0.2) is 42.5 Å². The van der Waals surface area contributed by atoms with Gasteiger partial charge in [0.1, 0.15) is 23.9 Å². The van der Waals surface area contributed by atoms with E-state index >= 15 is 0 Å². The van der Waals surface area contributed by atoms with Crippen molar-refractivity contribution in [3.8, 4) is 17.2 Å². The van der Waals surface area contributed by atoms with Crippen LogP contribution in [0.5, 0.6) is 17.2 Å². The van der Waals surface area contributed by atoms with Gasteiger partial charge < -0.3 is 14.9 Å². The van der Waals surface area contributed by atoms with Crippen molar-refractivity contribution in [2.45, 2.75) is 13.5 Å². The van der Waals surface area contributed by atoms with E-state index in [1.165, 1.54) is 19.1 Å². The van der Waals surface area contributed by atoms with Gasteiger partial charge in [0.25, 0.3) is 0 Å². The number of ketones is 1. The molecule has 19 heavy (non-hydrogen) atoms. The Morgan fingerprint density at radius 2 is 1.79 bits per heavy atom. The van der Waals surface area contributed by atoms with Crippen molar-refractivity contribution in [3.05, 3.63) is 53.6 Å². The zero-order valence-electron chi connectivity index (χ0n) is 10.5. The normalized spacial score (nSPS) is 10.2. The van der Waals surface area contributed by atoms with Crippen molar-refractivity contribution in [3.63, 3.8) is 0 Å². The quantitative estimate of drug-likeness (QED) is 0.827. The van der Waals surface area contributed by atoms with Crippen molar-refractivity contribution in [1.29, 1.82) is 0 Å². The highest BCUT2D eigenvalue weighted by atomic mass is 16.5. The molecule has 98 valence electrons. The van der Waals surface area contributed by atoms with E-state index in [2.05, 4.69) is 0 Å². The Bertz CT molecular complexity index is 588. The topological polar surface area (TPSA) is 66.8 Å². The molecule has 0 aliphatic carbocycles. The van der Waals surface area contributed by atoms with Gasteiger partial charge >= 0.3 is 0 Å². The van der Waals surface area contributed by atoms with E-state index in [0.29, 0.717) is 12.4 Å². The molecule has 0 heterocycles. The molecule has 2 aromatic rings. The summed E-state index contributed by atoms with van der Waals surface area (Å²) < 4.78 is 5.49. The first-order valence-corrected chi connectivity index (χ1v) is 5.81. The fourth-order valence-corrected chi connectivity index (χ4v) is 1.66. The molecule has 4 heteroatoms. The summed E-state index contributed by atoms with van der Waals surface area (Å²) in [6.07, 6.45) is 0. The summed E-state index contributed by atoms with van der Waals surface area (Å²) in [4.78, 5) is 11.2. The summed E-state index contributed by atoms with van der Waals surface area (Å²) in [6.45, 7) is 1.71. The van der Waals surface area contributed by atoms with Crippen LogP contribution in [-0.4, -0.2) is 16.0 Å². The maximum Gasteiger partial charge on any atom is 0.163 e. The van der Waals surface area contributed by atoms with Crippen LogP contribution in [-0.2, 0) is 6.61 Å². The molecule has 0 saturated heterocycles. The van der Waals surface area contributed by atoms with E-state index in [9.17, 15) is 9.90 Å². The van der Waals surface area contributed by atoms with Crippen LogP contribution in [0.3, 0.4) is 0 Å². The number of carbonyl (C=O) groups is 1. The van der Waals surface area contributed by atoms with Gasteiger partial charge in [0.05, 0.1) is 5.56 Å². The molecule has 0 aliphatic heterocycles. The Hall–Kier alpha value is -2.49. The molecule has 0 aromatic heterocycles. The number of phenols is 2. The molecule has 0 unspecified atom stereocenters. The Kier molecular flexibility index (Phi) is 3.71.